The predicted molar refractivity (Wildman–Crippen MR) is 111 cm³/mol. The molecule has 0 bridgehead atoms. The molecule has 30 heavy (non-hydrogen) atoms. The average Bonchev–Trinajstić information content (AvgIpc) is 3.08. The first-order valence-electron chi connectivity index (χ1n) is 11.0. The molecular weight excluding hydrogens is 390 g/mol. The van der Waals surface area contributed by atoms with E-state index in [2.05, 4.69) is 0 Å². The van der Waals surface area contributed by atoms with E-state index < -0.39 is 23.3 Å². The highest BCUT2D eigenvalue weighted by Gasteiger charge is 2.39. The number of likely N-dealkylation sites (tertiary alicyclic amines) is 1. The molecule has 8 heteroatoms. The van der Waals surface area contributed by atoms with Crippen molar-refractivity contribution in [3.05, 3.63) is 0 Å². The Balaban J connectivity index is 2.00. The van der Waals surface area contributed by atoms with Crippen molar-refractivity contribution in [1.82, 2.24) is 4.90 Å². The van der Waals surface area contributed by atoms with Crippen LogP contribution in [-0.4, -0.2) is 73.0 Å². The highest BCUT2D eigenvalue weighted by Crippen LogP contribution is 2.27. The first-order chi connectivity index (χ1) is 13.9. The number of esters is 1. The van der Waals surface area contributed by atoms with Crippen molar-refractivity contribution in [3.8, 4) is 0 Å². The van der Waals surface area contributed by atoms with Crippen molar-refractivity contribution in [3.63, 3.8) is 0 Å². The molecule has 1 unspecified atom stereocenters. The number of carbonyl (C=O) groups is 2. The number of ether oxygens (including phenoxy) is 5. The maximum Gasteiger partial charge on any atom is 0.410 e. The van der Waals surface area contributed by atoms with E-state index in [1.807, 2.05) is 41.5 Å². The minimum absolute atomic E-state index is 0.165. The SMILES string of the molecule is CC(C)(C)OC(=O)COC[C@H](OC1CCCCO1)[C@@H]1CCCN1C(=O)OC(C)(C)C. The maximum absolute atomic E-state index is 12.7. The molecule has 2 aliphatic rings. The molecule has 0 aliphatic carbocycles. The van der Waals surface area contributed by atoms with Gasteiger partial charge in [0.15, 0.2) is 6.29 Å². The monoisotopic (exact) mass is 429 g/mol. The highest BCUT2D eigenvalue weighted by molar-refractivity contribution is 5.71. The Morgan fingerprint density at radius 2 is 1.70 bits per heavy atom. The lowest BCUT2D eigenvalue weighted by atomic mass is 10.1. The van der Waals surface area contributed by atoms with Crippen molar-refractivity contribution in [2.75, 3.05) is 26.4 Å². The van der Waals surface area contributed by atoms with Crippen LogP contribution in [-0.2, 0) is 28.5 Å². The first kappa shape index (κ1) is 24.9. The van der Waals surface area contributed by atoms with E-state index in [1.165, 1.54) is 0 Å². The summed E-state index contributed by atoms with van der Waals surface area (Å²) >= 11 is 0. The number of rotatable bonds is 7. The van der Waals surface area contributed by atoms with Crippen LogP contribution in [0, 0.1) is 0 Å². The predicted octanol–water partition coefficient (Wildman–Crippen LogP) is 3.66. The van der Waals surface area contributed by atoms with Crippen LogP contribution in [0.1, 0.15) is 73.6 Å². The van der Waals surface area contributed by atoms with Crippen LogP contribution in [0.2, 0.25) is 0 Å². The van der Waals surface area contributed by atoms with Gasteiger partial charge >= 0.3 is 12.1 Å². The van der Waals surface area contributed by atoms with Crippen LogP contribution in [0.25, 0.3) is 0 Å². The van der Waals surface area contributed by atoms with E-state index in [0.717, 1.165) is 32.1 Å². The van der Waals surface area contributed by atoms with E-state index in [0.29, 0.717) is 13.2 Å². The Bertz CT molecular complexity index is 561. The van der Waals surface area contributed by atoms with Gasteiger partial charge in [-0.1, -0.05) is 0 Å². The molecule has 3 atom stereocenters. The van der Waals surface area contributed by atoms with Crippen LogP contribution in [0.3, 0.4) is 0 Å². The number of nitrogens with zero attached hydrogens (tertiary/aromatic N) is 1. The van der Waals surface area contributed by atoms with Crippen molar-refractivity contribution >= 4 is 12.1 Å². The lowest BCUT2D eigenvalue weighted by molar-refractivity contribution is -0.209. The molecule has 0 aromatic rings. The number of hydrogen-bond donors (Lipinski definition) is 0. The molecule has 1 amide bonds. The van der Waals surface area contributed by atoms with Gasteiger partial charge in [0.1, 0.15) is 23.9 Å². The topological polar surface area (TPSA) is 83.5 Å². The molecule has 8 nitrogen and oxygen atoms in total. The van der Waals surface area contributed by atoms with Gasteiger partial charge in [-0.05, 0) is 73.6 Å². The van der Waals surface area contributed by atoms with Gasteiger partial charge < -0.3 is 28.6 Å². The first-order valence-corrected chi connectivity index (χ1v) is 11.0. The molecule has 2 saturated heterocycles. The van der Waals surface area contributed by atoms with Gasteiger partial charge in [0.05, 0.1) is 12.6 Å². The van der Waals surface area contributed by atoms with Gasteiger partial charge in [-0.2, -0.15) is 0 Å². The second kappa shape index (κ2) is 10.8. The third-order valence-corrected chi connectivity index (χ3v) is 4.74. The molecule has 174 valence electrons. The lowest BCUT2D eigenvalue weighted by Crippen LogP contribution is -2.49. The summed E-state index contributed by atoms with van der Waals surface area (Å²) in [5, 5.41) is 0. The van der Waals surface area contributed by atoms with E-state index in [1.54, 1.807) is 4.90 Å². The summed E-state index contributed by atoms with van der Waals surface area (Å²) in [6.07, 6.45) is 3.43. The maximum atomic E-state index is 12.7. The second-order valence-corrected chi connectivity index (χ2v) is 9.96. The van der Waals surface area contributed by atoms with Crippen molar-refractivity contribution in [2.45, 2.75) is 103 Å². The fraction of sp³-hybridized carbons (Fsp3) is 0.909. The summed E-state index contributed by atoms with van der Waals surface area (Å²) < 4.78 is 28.5. The Morgan fingerprint density at radius 1 is 1.00 bits per heavy atom. The zero-order valence-corrected chi connectivity index (χ0v) is 19.4. The van der Waals surface area contributed by atoms with Crippen molar-refractivity contribution in [2.24, 2.45) is 0 Å². The molecule has 2 fully saturated rings. The smallest absolute Gasteiger partial charge is 0.410 e. The Morgan fingerprint density at radius 3 is 2.30 bits per heavy atom. The van der Waals surface area contributed by atoms with Gasteiger partial charge in [0.2, 0.25) is 0 Å². The molecule has 0 N–H and O–H groups in total. The van der Waals surface area contributed by atoms with Crippen LogP contribution in [0.4, 0.5) is 4.79 Å². The Hall–Kier alpha value is -1.38. The molecular formula is C22H39NO7. The van der Waals surface area contributed by atoms with Crippen LogP contribution in [0.5, 0.6) is 0 Å². The Labute approximate surface area is 180 Å². The minimum atomic E-state index is -0.569. The average molecular weight is 430 g/mol. The van der Waals surface area contributed by atoms with Gasteiger partial charge in [-0.15, -0.1) is 0 Å². The molecule has 2 aliphatic heterocycles. The third-order valence-electron chi connectivity index (χ3n) is 4.74. The number of carbonyl (C=O) groups excluding carboxylic acids is 2. The highest BCUT2D eigenvalue weighted by atomic mass is 16.7. The molecule has 2 heterocycles. The van der Waals surface area contributed by atoms with E-state index in [-0.39, 0.29) is 31.6 Å². The van der Waals surface area contributed by atoms with Gasteiger partial charge in [0, 0.05) is 13.2 Å². The standard InChI is InChI=1S/C22H39NO7/c1-21(2,3)29-18(24)15-26-14-17(28-19-11-7-8-13-27-19)16-10-9-12-23(16)20(25)30-22(4,5)6/h16-17,19H,7-15H2,1-6H3/t16-,17-,19?/m0/s1. The lowest BCUT2D eigenvalue weighted by Gasteiger charge is -2.35. The van der Waals surface area contributed by atoms with Gasteiger partial charge in [-0.25, -0.2) is 9.59 Å². The van der Waals surface area contributed by atoms with Crippen LogP contribution < -0.4 is 0 Å². The minimum Gasteiger partial charge on any atom is -0.458 e. The van der Waals surface area contributed by atoms with E-state index in [4.69, 9.17) is 23.7 Å². The zero-order valence-electron chi connectivity index (χ0n) is 19.4. The molecule has 2 rings (SSSR count). The fourth-order valence-corrected chi connectivity index (χ4v) is 3.61. The summed E-state index contributed by atoms with van der Waals surface area (Å²) in [5.74, 6) is -0.425. The molecule has 0 aromatic carbocycles. The molecule has 0 aromatic heterocycles. The van der Waals surface area contributed by atoms with Crippen molar-refractivity contribution in [1.29, 1.82) is 0 Å². The largest absolute Gasteiger partial charge is 0.458 e. The summed E-state index contributed by atoms with van der Waals surface area (Å²) in [4.78, 5) is 26.4. The summed E-state index contributed by atoms with van der Waals surface area (Å²) in [7, 11) is 0. The summed E-state index contributed by atoms with van der Waals surface area (Å²) in [5.41, 5.74) is -1.13. The fourth-order valence-electron chi connectivity index (χ4n) is 3.61. The molecule has 0 saturated carbocycles. The van der Waals surface area contributed by atoms with Crippen molar-refractivity contribution < 1.29 is 33.3 Å². The number of amides is 1. The quantitative estimate of drug-likeness (QED) is 0.571. The molecule has 0 spiro atoms. The summed E-state index contributed by atoms with van der Waals surface area (Å²) in [6, 6.07) is -0.191. The number of hydrogen-bond acceptors (Lipinski definition) is 7. The Kier molecular flexibility index (Phi) is 8.94. The van der Waals surface area contributed by atoms with Gasteiger partial charge in [0.25, 0.3) is 0 Å². The normalized spacial score (nSPS) is 23.9. The zero-order chi connectivity index (χ0) is 22.4. The summed E-state index contributed by atoms with van der Waals surface area (Å²) in [6.45, 7) is 12.3. The van der Waals surface area contributed by atoms with Crippen LogP contribution in [0.15, 0.2) is 0 Å². The molecule has 0 radical (unpaired) electrons. The second-order valence-electron chi connectivity index (χ2n) is 9.96. The van der Waals surface area contributed by atoms with E-state index in [9.17, 15) is 9.59 Å². The van der Waals surface area contributed by atoms with E-state index >= 15 is 0 Å². The van der Waals surface area contributed by atoms with Gasteiger partial charge in [-0.3, -0.25) is 0 Å². The van der Waals surface area contributed by atoms with Crippen LogP contribution >= 0.6 is 0 Å². The third kappa shape index (κ3) is 8.78.